The number of likely N-dealkylation sites (N-methyl/N-ethyl adjacent to an activating group) is 1. The van der Waals surface area contributed by atoms with E-state index in [1.54, 1.807) is 16.6 Å². The van der Waals surface area contributed by atoms with E-state index in [1.807, 2.05) is 13.8 Å². The van der Waals surface area contributed by atoms with Gasteiger partial charge in [0.05, 0.1) is 11.4 Å². The zero-order chi connectivity index (χ0) is 12.3. The van der Waals surface area contributed by atoms with Crippen molar-refractivity contribution in [3.8, 4) is 0 Å². The number of hydrogen-bond acceptors (Lipinski definition) is 4. The molecule has 0 bridgehead atoms. The lowest BCUT2D eigenvalue weighted by Crippen LogP contribution is -2.28. The predicted octanol–water partition coefficient (Wildman–Crippen LogP) is 0.705. The van der Waals surface area contributed by atoms with Gasteiger partial charge in [-0.2, -0.15) is 5.10 Å². The number of nitrogens with zero attached hydrogens (tertiary/aromatic N) is 3. The molecule has 0 spiro atoms. The fourth-order valence-electron chi connectivity index (χ4n) is 1.63. The molecule has 0 aromatic carbocycles. The van der Waals surface area contributed by atoms with Crippen LogP contribution in [0.2, 0.25) is 0 Å². The SMILES string of the molecule is CCCn1nc(C)c(N)c1N(C)CC(=O)O. The van der Waals surface area contributed by atoms with Crippen molar-refractivity contribution < 1.29 is 9.90 Å². The van der Waals surface area contributed by atoms with Gasteiger partial charge in [0.15, 0.2) is 5.82 Å². The Morgan fingerprint density at radius 1 is 1.62 bits per heavy atom. The first-order valence-electron chi connectivity index (χ1n) is 5.23. The molecule has 0 amide bonds. The average molecular weight is 226 g/mol. The lowest BCUT2D eigenvalue weighted by Gasteiger charge is -2.18. The fraction of sp³-hybridized carbons (Fsp3) is 0.600. The van der Waals surface area contributed by atoms with Gasteiger partial charge < -0.3 is 15.7 Å². The zero-order valence-electron chi connectivity index (χ0n) is 9.90. The second-order valence-corrected chi connectivity index (χ2v) is 3.80. The quantitative estimate of drug-likeness (QED) is 0.772. The van der Waals surface area contributed by atoms with Gasteiger partial charge in [-0.25, -0.2) is 4.68 Å². The maximum atomic E-state index is 10.7. The molecule has 6 nitrogen and oxygen atoms in total. The standard InChI is InChI=1S/C10H18N4O2/c1-4-5-14-10(9(11)7(2)12-14)13(3)6-8(15)16/h4-6,11H2,1-3H3,(H,15,16). The minimum Gasteiger partial charge on any atom is -0.480 e. The number of rotatable bonds is 5. The van der Waals surface area contributed by atoms with Crippen LogP contribution in [0.25, 0.3) is 0 Å². The molecule has 0 aliphatic rings. The molecule has 1 aromatic heterocycles. The van der Waals surface area contributed by atoms with E-state index in [0.717, 1.165) is 18.7 Å². The summed E-state index contributed by atoms with van der Waals surface area (Å²) in [5.74, 6) is -0.203. The molecule has 0 fully saturated rings. The Morgan fingerprint density at radius 3 is 2.75 bits per heavy atom. The highest BCUT2D eigenvalue weighted by Gasteiger charge is 2.17. The number of anilines is 2. The van der Waals surface area contributed by atoms with Gasteiger partial charge in [0.2, 0.25) is 0 Å². The molecule has 0 aliphatic carbocycles. The lowest BCUT2D eigenvalue weighted by atomic mass is 10.3. The van der Waals surface area contributed by atoms with Gasteiger partial charge in [0.1, 0.15) is 6.54 Å². The number of nitrogens with two attached hydrogens (primary N) is 1. The van der Waals surface area contributed by atoms with E-state index >= 15 is 0 Å². The van der Waals surface area contributed by atoms with E-state index in [2.05, 4.69) is 5.10 Å². The van der Waals surface area contributed by atoms with E-state index in [9.17, 15) is 4.79 Å². The Balaban J connectivity index is 3.04. The van der Waals surface area contributed by atoms with E-state index in [-0.39, 0.29) is 6.54 Å². The third kappa shape index (κ3) is 2.44. The lowest BCUT2D eigenvalue weighted by molar-refractivity contribution is -0.135. The molecule has 0 saturated carbocycles. The summed E-state index contributed by atoms with van der Waals surface area (Å²) >= 11 is 0. The Hall–Kier alpha value is -1.72. The Labute approximate surface area is 94.6 Å². The molecule has 0 radical (unpaired) electrons. The van der Waals surface area contributed by atoms with Crippen LogP contribution in [-0.2, 0) is 11.3 Å². The van der Waals surface area contributed by atoms with Crippen LogP contribution in [0.1, 0.15) is 19.0 Å². The molecule has 1 heterocycles. The largest absolute Gasteiger partial charge is 0.480 e. The second kappa shape index (κ2) is 4.87. The van der Waals surface area contributed by atoms with Crippen molar-refractivity contribution in [3.63, 3.8) is 0 Å². The second-order valence-electron chi connectivity index (χ2n) is 3.80. The molecule has 1 rings (SSSR count). The van der Waals surface area contributed by atoms with Gasteiger partial charge in [-0.05, 0) is 13.3 Å². The normalized spacial score (nSPS) is 10.4. The molecule has 16 heavy (non-hydrogen) atoms. The fourth-order valence-corrected chi connectivity index (χ4v) is 1.63. The third-order valence-electron chi connectivity index (χ3n) is 2.32. The maximum absolute atomic E-state index is 10.7. The van der Waals surface area contributed by atoms with Crippen molar-refractivity contribution in [3.05, 3.63) is 5.69 Å². The van der Waals surface area contributed by atoms with Crippen molar-refractivity contribution in [2.24, 2.45) is 0 Å². The predicted molar refractivity (Wildman–Crippen MR) is 62.6 cm³/mol. The van der Waals surface area contributed by atoms with Crippen LogP contribution in [0.4, 0.5) is 11.5 Å². The molecular weight excluding hydrogens is 208 g/mol. The van der Waals surface area contributed by atoms with Crippen LogP contribution in [0, 0.1) is 6.92 Å². The summed E-state index contributed by atoms with van der Waals surface area (Å²) in [5, 5.41) is 13.0. The van der Waals surface area contributed by atoms with Crippen LogP contribution in [0.3, 0.4) is 0 Å². The number of carboxylic acids is 1. The van der Waals surface area contributed by atoms with Gasteiger partial charge in [-0.15, -0.1) is 0 Å². The molecule has 90 valence electrons. The summed E-state index contributed by atoms with van der Waals surface area (Å²) in [6.45, 7) is 4.50. The average Bonchev–Trinajstić information content (AvgIpc) is 2.42. The van der Waals surface area contributed by atoms with Gasteiger partial charge in [-0.1, -0.05) is 6.92 Å². The molecule has 1 aromatic rings. The minimum atomic E-state index is -0.885. The van der Waals surface area contributed by atoms with E-state index < -0.39 is 5.97 Å². The van der Waals surface area contributed by atoms with Crippen molar-refractivity contribution >= 4 is 17.5 Å². The summed E-state index contributed by atoms with van der Waals surface area (Å²) in [7, 11) is 1.70. The summed E-state index contributed by atoms with van der Waals surface area (Å²) < 4.78 is 1.76. The topological polar surface area (TPSA) is 84.4 Å². The summed E-state index contributed by atoms with van der Waals surface area (Å²) in [6.07, 6.45) is 0.925. The first kappa shape index (κ1) is 12.4. The molecule has 3 N–H and O–H groups in total. The number of nitrogen functional groups attached to an aromatic ring is 1. The van der Waals surface area contributed by atoms with Gasteiger partial charge in [0, 0.05) is 13.6 Å². The highest BCUT2D eigenvalue weighted by atomic mass is 16.4. The molecule has 0 aliphatic heterocycles. The molecule has 0 saturated heterocycles. The van der Waals surface area contributed by atoms with E-state index in [0.29, 0.717) is 11.5 Å². The summed E-state index contributed by atoms with van der Waals surface area (Å²) in [4.78, 5) is 12.3. The number of aromatic nitrogens is 2. The van der Waals surface area contributed by atoms with Crippen molar-refractivity contribution in [1.82, 2.24) is 9.78 Å². The van der Waals surface area contributed by atoms with Crippen molar-refractivity contribution in [2.45, 2.75) is 26.8 Å². The van der Waals surface area contributed by atoms with Crippen LogP contribution >= 0.6 is 0 Å². The molecule has 0 atom stereocenters. The van der Waals surface area contributed by atoms with Crippen LogP contribution < -0.4 is 10.6 Å². The van der Waals surface area contributed by atoms with Gasteiger partial charge in [0.25, 0.3) is 0 Å². The summed E-state index contributed by atoms with van der Waals surface area (Å²) in [5.41, 5.74) is 7.18. The smallest absolute Gasteiger partial charge is 0.323 e. The highest BCUT2D eigenvalue weighted by Crippen LogP contribution is 2.25. The first-order chi connectivity index (χ1) is 7.47. The van der Waals surface area contributed by atoms with Crippen LogP contribution in [0.15, 0.2) is 0 Å². The van der Waals surface area contributed by atoms with Crippen LogP contribution in [-0.4, -0.2) is 34.4 Å². The zero-order valence-corrected chi connectivity index (χ0v) is 9.90. The number of hydrogen-bond donors (Lipinski definition) is 2. The van der Waals surface area contributed by atoms with Gasteiger partial charge in [-0.3, -0.25) is 4.79 Å². The molecule has 0 unspecified atom stereocenters. The third-order valence-corrected chi connectivity index (χ3v) is 2.32. The monoisotopic (exact) mass is 226 g/mol. The van der Waals surface area contributed by atoms with E-state index in [1.165, 1.54) is 0 Å². The number of aliphatic carboxylic acids is 1. The van der Waals surface area contributed by atoms with Crippen molar-refractivity contribution in [1.29, 1.82) is 0 Å². The summed E-state index contributed by atoms with van der Waals surface area (Å²) in [6, 6.07) is 0. The Morgan fingerprint density at radius 2 is 2.25 bits per heavy atom. The highest BCUT2D eigenvalue weighted by molar-refractivity contribution is 5.76. The number of carboxylic acid groups (broad SMARTS) is 1. The van der Waals surface area contributed by atoms with Crippen LogP contribution in [0.5, 0.6) is 0 Å². The Bertz CT molecular complexity index is 386. The maximum Gasteiger partial charge on any atom is 0.323 e. The number of aryl methyl sites for hydroxylation is 2. The minimum absolute atomic E-state index is 0.0843. The first-order valence-corrected chi connectivity index (χ1v) is 5.23. The number of carbonyl (C=O) groups is 1. The van der Waals surface area contributed by atoms with E-state index in [4.69, 9.17) is 10.8 Å². The Kier molecular flexibility index (Phi) is 3.76. The van der Waals surface area contributed by atoms with Crippen molar-refractivity contribution in [2.75, 3.05) is 24.2 Å². The van der Waals surface area contributed by atoms with Gasteiger partial charge >= 0.3 is 5.97 Å². The molecular formula is C10H18N4O2. The molecule has 6 heteroatoms.